The van der Waals surface area contributed by atoms with E-state index < -0.39 is 0 Å². The van der Waals surface area contributed by atoms with E-state index in [4.69, 9.17) is 21.1 Å². The summed E-state index contributed by atoms with van der Waals surface area (Å²) in [5, 5.41) is 6.53. The first-order valence-corrected chi connectivity index (χ1v) is 8.43. The number of amides is 2. The lowest BCUT2D eigenvalue weighted by Gasteiger charge is -2.20. The summed E-state index contributed by atoms with van der Waals surface area (Å²) in [6.07, 6.45) is 1.76. The SMILES string of the molecule is COc1ccc(C2(NC(=O)Nc3ccc(C)c(Cl)c3)CC2)cc1OC. The van der Waals surface area contributed by atoms with Crippen molar-refractivity contribution in [2.45, 2.75) is 25.3 Å². The lowest BCUT2D eigenvalue weighted by atomic mass is 10.0. The van der Waals surface area contributed by atoms with Gasteiger partial charge in [0.2, 0.25) is 0 Å². The number of benzene rings is 2. The van der Waals surface area contributed by atoms with Gasteiger partial charge in [-0.3, -0.25) is 0 Å². The summed E-state index contributed by atoms with van der Waals surface area (Å²) < 4.78 is 10.6. The summed E-state index contributed by atoms with van der Waals surface area (Å²) >= 11 is 6.10. The molecule has 2 N–H and O–H groups in total. The van der Waals surface area contributed by atoms with Crippen molar-refractivity contribution in [1.29, 1.82) is 0 Å². The fourth-order valence-corrected chi connectivity index (χ4v) is 2.98. The zero-order valence-electron chi connectivity index (χ0n) is 14.5. The van der Waals surface area contributed by atoms with Crippen molar-refractivity contribution < 1.29 is 14.3 Å². The Labute approximate surface area is 152 Å². The largest absolute Gasteiger partial charge is 0.493 e. The summed E-state index contributed by atoms with van der Waals surface area (Å²) in [6.45, 7) is 1.92. The standard InChI is InChI=1S/C19H21ClN2O3/c1-12-4-6-14(11-15(12)20)21-18(23)22-19(8-9-19)13-5-7-16(24-2)17(10-13)25-3/h4-7,10-11H,8-9H2,1-3H3,(H2,21,22,23). The third-order valence-electron chi connectivity index (χ3n) is 4.47. The minimum Gasteiger partial charge on any atom is -0.493 e. The molecule has 0 unspecified atom stereocenters. The fraction of sp³-hybridized carbons (Fsp3) is 0.316. The third-order valence-corrected chi connectivity index (χ3v) is 4.88. The molecule has 0 saturated heterocycles. The highest BCUT2D eigenvalue weighted by Gasteiger charge is 2.46. The topological polar surface area (TPSA) is 59.6 Å². The van der Waals surface area contributed by atoms with Crippen molar-refractivity contribution in [3.8, 4) is 11.5 Å². The molecule has 2 amide bonds. The predicted molar refractivity (Wildman–Crippen MR) is 98.8 cm³/mol. The summed E-state index contributed by atoms with van der Waals surface area (Å²) in [7, 11) is 3.20. The van der Waals surface area contributed by atoms with E-state index in [1.54, 1.807) is 20.3 Å². The van der Waals surface area contributed by atoms with Gasteiger partial charge in [0.15, 0.2) is 11.5 Å². The monoisotopic (exact) mass is 360 g/mol. The zero-order chi connectivity index (χ0) is 18.0. The van der Waals surface area contributed by atoms with Crippen molar-refractivity contribution in [2.24, 2.45) is 0 Å². The highest BCUT2D eigenvalue weighted by atomic mass is 35.5. The summed E-state index contributed by atoms with van der Waals surface area (Å²) in [6, 6.07) is 10.9. The Kier molecular flexibility index (Phi) is 4.77. The molecule has 0 aromatic heterocycles. The molecule has 5 nitrogen and oxygen atoms in total. The molecule has 0 heterocycles. The van der Waals surface area contributed by atoms with Crippen LogP contribution < -0.4 is 20.1 Å². The Bertz CT molecular complexity index is 803. The molecular weight excluding hydrogens is 340 g/mol. The number of rotatable bonds is 5. The molecule has 132 valence electrons. The number of carbonyl (C=O) groups excluding carboxylic acids is 1. The van der Waals surface area contributed by atoms with Gasteiger partial charge in [-0.2, -0.15) is 0 Å². The lowest BCUT2D eigenvalue weighted by molar-refractivity contribution is 0.247. The number of carbonyl (C=O) groups is 1. The van der Waals surface area contributed by atoms with Gasteiger partial charge in [0.25, 0.3) is 0 Å². The number of hydrogen-bond acceptors (Lipinski definition) is 3. The minimum atomic E-state index is -0.363. The Morgan fingerprint density at radius 1 is 1.08 bits per heavy atom. The average Bonchev–Trinajstić information content (AvgIpc) is 3.38. The van der Waals surface area contributed by atoms with Gasteiger partial charge < -0.3 is 20.1 Å². The molecule has 2 aromatic rings. The van der Waals surface area contributed by atoms with Gasteiger partial charge in [-0.25, -0.2) is 4.79 Å². The van der Waals surface area contributed by atoms with E-state index >= 15 is 0 Å². The Hall–Kier alpha value is -2.40. The Morgan fingerprint density at radius 3 is 2.40 bits per heavy atom. The first-order valence-electron chi connectivity index (χ1n) is 8.05. The third kappa shape index (κ3) is 3.66. The second-order valence-corrected chi connectivity index (χ2v) is 6.60. The molecule has 0 atom stereocenters. The number of nitrogens with one attached hydrogen (secondary N) is 2. The number of ether oxygens (including phenoxy) is 2. The van der Waals surface area contributed by atoms with Gasteiger partial charge in [-0.15, -0.1) is 0 Å². The van der Waals surface area contributed by atoms with Crippen molar-refractivity contribution >= 4 is 23.3 Å². The molecule has 1 aliphatic carbocycles. The zero-order valence-corrected chi connectivity index (χ0v) is 15.2. The molecule has 0 radical (unpaired) electrons. The number of hydrogen-bond donors (Lipinski definition) is 2. The van der Waals surface area contributed by atoms with Gasteiger partial charge in [-0.05, 0) is 55.2 Å². The maximum Gasteiger partial charge on any atom is 0.319 e. The fourth-order valence-electron chi connectivity index (χ4n) is 2.80. The van der Waals surface area contributed by atoms with E-state index in [-0.39, 0.29) is 11.6 Å². The smallest absolute Gasteiger partial charge is 0.319 e. The highest BCUT2D eigenvalue weighted by molar-refractivity contribution is 6.31. The molecule has 1 fully saturated rings. The van der Waals surface area contributed by atoms with Crippen molar-refractivity contribution in [1.82, 2.24) is 5.32 Å². The highest BCUT2D eigenvalue weighted by Crippen LogP contribution is 2.47. The molecule has 25 heavy (non-hydrogen) atoms. The quantitative estimate of drug-likeness (QED) is 0.826. The van der Waals surface area contributed by atoms with E-state index in [1.165, 1.54) is 0 Å². The molecule has 0 spiro atoms. The van der Waals surface area contributed by atoms with E-state index in [9.17, 15) is 4.79 Å². The van der Waals surface area contributed by atoms with Gasteiger partial charge >= 0.3 is 6.03 Å². The maximum atomic E-state index is 12.4. The molecule has 2 aromatic carbocycles. The van der Waals surface area contributed by atoms with E-state index in [2.05, 4.69) is 10.6 Å². The van der Waals surface area contributed by atoms with Crippen LogP contribution in [0, 0.1) is 6.92 Å². The van der Waals surface area contributed by atoms with Crippen molar-refractivity contribution in [2.75, 3.05) is 19.5 Å². The summed E-state index contributed by atoms with van der Waals surface area (Å²) in [5.74, 6) is 1.32. The van der Waals surface area contributed by atoms with Crippen LogP contribution in [0.1, 0.15) is 24.0 Å². The van der Waals surface area contributed by atoms with Crippen LogP contribution in [0.4, 0.5) is 10.5 Å². The van der Waals surface area contributed by atoms with E-state index in [0.29, 0.717) is 22.2 Å². The normalized spacial score (nSPS) is 14.6. The molecule has 1 aliphatic rings. The van der Waals surface area contributed by atoms with Crippen LogP contribution in [-0.4, -0.2) is 20.3 Å². The second kappa shape index (κ2) is 6.84. The summed E-state index contributed by atoms with van der Waals surface area (Å²) in [4.78, 5) is 12.4. The van der Waals surface area contributed by atoms with Gasteiger partial charge in [0.05, 0.1) is 19.8 Å². The summed E-state index contributed by atoms with van der Waals surface area (Å²) in [5.41, 5.74) is 2.27. The predicted octanol–water partition coefficient (Wildman–Crippen LogP) is 4.48. The van der Waals surface area contributed by atoms with Crippen LogP contribution in [0.3, 0.4) is 0 Å². The lowest BCUT2D eigenvalue weighted by Crippen LogP contribution is -2.38. The first-order chi connectivity index (χ1) is 12.0. The number of halogens is 1. The van der Waals surface area contributed by atoms with Crippen LogP contribution in [0.5, 0.6) is 11.5 Å². The van der Waals surface area contributed by atoms with Crippen molar-refractivity contribution in [3.63, 3.8) is 0 Å². The molecule has 1 saturated carbocycles. The van der Waals surface area contributed by atoms with Gasteiger partial charge in [0, 0.05) is 10.7 Å². The minimum absolute atomic E-state index is 0.257. The first kappa shape index (κ1) is 17.4. The molecule has 0 aliphatic heterocycles. The van der Waals surface area contributed by atoms with Crippen LogP contribution in [0.2, 0.25) is 5.02 Å². The Balaban J connectivity index is 1.73. The van der Waals surface area contributed by atoms with Gasteiger partial charge in [-0.1, -0.05) is 23.7 Å². The second-order valence-electron chi connectivity index (χ2n) is 6.19. The van der Waals surface area contributed by atoms with Gasteiger partial charge in [0.1, 0.15) is 0 Å². The molecule has 3 rings (SSSR count). The van der Waals surface area contributed by atoms with Crippen molar-refractivity contribution in [3.05, 3.63) is 52.5 Å². The molecule has 0 bridgehead atoms. The number of aryl methyl sites for hydroxylation is 1. The Morgan fingerprint density at radius 2 is 1.80 bits per heavy atom. The maximum absolute atomic E-state index is 12.4. The molecule has 6 heteroatoms. The van der Waals surface area contributed by atoms with Crippen LogP contribution in [0.25, 0.3) is 0 Å². The average molecular weight is 361 g/mol. The van der Waals surface area contributed by atoms with Crippen LogP contribution in [0.15, 0.2) is 36.4 Å². The van der Waals surface area contributed by atoms with E-state index in [0.717, 1.165) is 24.0 Å². The number of anilines is 1. The number of methoxy groups -OCH3 is 2. The van der Waals surface area contributed by atoms with Crippen LogP contribution in [-0.2, 0) is 5.54 Å². The van der Waals surface area contributed by atoms with E-state index in [1.807, 2.05) is 37.3 Å². The molecular formula is C19H21ClN2O3. The number of urea groups is 1. The van der Waals surface area contributed by atoms with Crippen LogP contribution >= 0.6 is 11.6 Å².